The molecule has 0 radical (unpaired) electrons. The van der Waals surface area contributed by atoms with Crippen LogP contribution >= 0.6 is 0 Å². The third-order valence-corrected chi connectivity index (χ3v) is 2.39. The van der Waals surface area contributed by atoms with Gasteiger partial charge < -0.3 is 0 Å². The summed E-state index contributed by atoms with van der Waals surface area (Å²) in [7, 11) is 0. The first-order valence-corrected chi connectivity index (χ1v) is 4.03. The molecule has 58 valence electrons. The zero-order chi connectivity index (χ0) is 7.84. The van der Waals surface area contributed by atoms with E-state index in [-0.39, 0.29) is 5.82 Å². The van der Waals surface area contributed by atoms with Crippen molar-refractivity contribution in [1.82, 2.24) is 0 Å². The summed E-state index contributed by atoms with van der Waals surface area (Å²) in [6.45, 7) is 2.20. The minimum atomic E-state index is -0.110. The zero-order valence-electron chi connectivity index (χ0n) is 6.55. The Morgan fingerprint density at radius 1 is 1.45 bits per heavy atom. The summed E-state index contributed by atoms with van der Waals surface area (Å²) in [4.78, 5) is 0. The predicted octanol–water partition coefficient (Wildman–Crippen LogP) is 2.95. The van der Waals surface area contributed by atoms with Crippen molar-refractivity contribution < 1.29 is 4.39 Å². The van der Waals surface area contributed by atoms with Crippen molar-refractivity contribution in [2.24, 2.45) is 5.92 Å². The van der Waals surface area contributed by atoms with E-state index < -0.39 is 0 Å². The van der Waals surface area contributed by atoms with Crippen molar-refractivity contribution in [2.75, 3.05) is 0 Å². The SMILES string of the molecule is C[C@H]1C[C@@H]1c1cccc(F)c1. The molecule has 0 bridgehead atoms. The van der Waals surface area contributed by atoms with Gasteiger partial charge in [0.15, 0.2) is 0 Å². The molecule has 0 heterocycles. The molecule has 0 nitrogen and oxygen atoms in total. The molecule has 0 N–H and O–H groups in total. The molecular formula is C10H11F. The number of benzene rings is 1. The third kappa shape index (κ3) is 1.28. The van der Waals surface area contributed by atoms with Crippen molar-refractivity contribution in [3.05, 3.63) is 35.6 Å². The average molecular weight is 150 g/mol. The second kappa shape index (κ2) is 2.33. The molecule has 1 heteroatoms. The summed E-state index contributed by atoms with van der Waals surface area (Å²) < 4.78 is 12.7. The number of hydrogen-bond acceptors (Lipinski definition) is 0. The first-order chi connectivity index (χ1) is 5.27. The van der Waals surface area contributed by atoms with Crippen LogP contribution in [0.1, 0.15) is 24.8 Å². The maximum Gasteiger partial charge on any atom is 0.123 e. The molecule has 0 aliphatic heterocycles. The zero-order valence-corrected chi connectivity index (χ0v) is 6.55. The van der Waals surface area contributed by atoms with E-state index in [1.165, 1.54) is 12.5 Å². The highest BCUT2D eigenvalue weighted by atomic mass is 19.1. The maximum absolute atomic E-state index is 12.7. The van der Waals surface area contributed by atoms with Gasteiger partial charge >= 0.3 is 0 Å². The topological polar surface area (TPSA) is 0 Å². The Morgan fingerprint density at radius 3 is 2.73 bits per heavy atom. The van der Waals surface area contributed by atoms with Crippen molar-refractivity contribution in [1.29, 1.82) is 0 Å². The van der Waals surface area contributed by atoms with E-state index in [4.69, 9.17) is 0 Å². The molecule has 2 atom stereocenters. The van der Waals surface area contributed by atoms with Crippen LogP contribution in [-0.4, -0.2) is 0 Å². The Morgan fingerprint density at radius 2 is 2.18 bits per heavy atom. The van der Waals surface area contributed by atoms with E-state index in [0.717, 1.165) is 11.5 Å². The van der Waals surface area contributed by atoms with Gasteiger partial charge in [0.2, 0.25) is 0 Å². The fourth-order valence-electron chi connectivity index (χ4n) is 1.52. The fraction of sp³-hybridized carbons (Fsp3) is 0.400. The van der Waals surface area contributed by atoms with E-state index in [1.807, 2.05) is 6.07 Å². The molecule has 0 saturated heterocycles. The minimum absolute atomic E-state index is 0.110. The van der Waals surface area contributed by atoms with Crippen LogP contribution in [0.2, 0.25) is 0 Å². The van der Waals surface area contributed by atoms with Crippen LogP contribution < -0.4 is 0 Å². The highest BCUT2D eigenvalue weighted by Gasteiger charge is 2.33. The Hall–Kier alpha value is -0.850. The largest absolute Gasteiger partial charge is 0.207 e. The van der Waals surface area contributed by atoms with Crippen molar-refractivity contribution >= 4 is 0 Å². The number of rotatable bonds is 1. The van der Waals surface area contributed by atoms with Gasteiger partial charge in [-0.3, -0.25) is 0 Å². The number of hydrogen-bond donors (Lipinski definition) is 0. The molecule has 1 fully saturated rings. The lowest BCUT2D eigenvalue weighted by molar-refractivity contribution is 0.625. The first kappa shape index (κ1) is 6.84. The Balaban J connectivity index is 2.25. The molecular weight excluding hydrogens is 139 g/mol. The lowest BCUT2D eigenvalue weighted by atomic mass is 10.1. The van der Waals surface area contributed by atoms with Gasteiger partial charge in [-0.1, -0.05) is 19.1 Å². The third-order valence-electron chi connectivity index (χ3n) is 2.39. The Labute approximate surface area is 66.1 Å². The molecule has 1 aromatic carbocycles. The van der Waals surface area contributed by atoms with E-state index in [0.29, 0.717) is 5.92 Å². The highest BCUT2D eigenvalue weighted by Crippen LogP contribution is 2.46. The molecule has 2 rings (SSSR count). The molecule has 0 aromatic heterocycles. The molecule has 0 amide bonds. The van der Waals surface area contributed by atoms with Crippen LogP contribution in [0, 0.1) is 11.7 Å². The van der Waals surface area contributed by atoms with Crippen molar-refractivity contribution in [3.8, 4) is 0 Å². The van der Waals surface area contributed by atoms with E-state index in [1.54, 1.807) is 12.1 Å². The molecule has 11 heavy (non-hydrogen) atoms. The maximum atomic E-state index is 12.7. The molecule has 1 aromatic rings. The van der Waals surface area contributed by atoms with Crippen LogP contribution in [0.5, 0.6) is 0 Å². The normalized spacial score (nSPS) is 28.5. The van der Waals surface area contributed by atoms with Crippen molar-refractivity contribution in [3.63, 3.8) is 0 Å². The van der Waals surface area contributed by atoms with E-state index in [9.17, 15) is 4.39 Å². The summed E-state index contributed by atoms with van der Waals surface area (Å²) in [5.74, 6) is 1.28. The highest BCUT2D eigenvalue weighted by molar-refractivity contribution is 5.25. The predicted molar refractivity (Wildman–Crippen MR) is 42.9 cm³/mol. The van der Waals surface area contributed by atoms with Gasteiger partial charge in [0.1, 0.15) is 5.82 Å². The second-order valence-corrected chi connectivity index (χ2v) is 3.37. The molecule has 1 saturated carbocycles. The van der Waals surface area contributed by atoms with Crippen LogP contribution in [0.25, 0.3) is 0 Å². The van der Waals surface area contributed by atoms with Crippen molar-refractivity contribution in [2.45, 2.75) is 19.3 Å². The van der Waals surface area contributed by atoms with Gasteiger partial charge in [-0.2, -0.15) is 0 Å². The minimum Gasteiger partial charge on any atom is -0.207 e. The van der Waals surface area contributed by atoms with Gasteiger partial charge in [0, 0.05) is 0 Å². The average Bonchev–Trinajstić information content (AvgIpc) is 2.67. The van der Waals surface area contributed by atoms with E-state index >= 15 is 0 Å². The molecule has 0 unspecified atom stereocenters. The van der Waals surface area contributed by atoms with Crippen LogP contribution in [0.3, 0.4) is 0 Å². The molecule has 0 spiro atoms. The standard InChI is InChI=1S/C10H11F/c1-7-5-10(7)8-3-2-4-9(11)6-8/h2-4,6-7,10H,5H2,1H3/t7-,10-/m0/s1. The van der Waals surface area contributed by atoms with Gasteiger partial charge in [0.25, 0.3) is 0 Å². The van der Waals surface area contributed by atoms with Gasteiger partial charge in [-0.05, 0) is 36.0 Å². The molecule has 1 aliphatic rings. The number of halogens is 1. The summed E-state index contributed by atoms with van der Waals surface area (Å²) in [6, 6.07) is 6.94. The van der Waals surface area contributed by atoms with Crippen LogP contribution in [-0.2, 0) is 0 Å². The smallest absolute Gasteiger partial charge is 0.123 e. The summed E-state index contributed by atoms with van der Waals surface area (Å²) in [6.07, 6.45) is 1.23. The van der Waals surface area contributed by atoms with Crippen LogP contribution in [0.15, 0.2) is 24.3 Å². The Kier molecular flexibility index (Phi) is 1.45. The summed E-state index contributed by atoms with van der Waals surface area (Å²) in [5, 5.41) is 0. The summed E-state index contributed by atoms with van der Waals surface area (Å²) >= 11 is 0. The summed E-state index contributed by atoms with van der Waals surface area (Å²) in [5.41, 5.74) is 1.16. The molecule has 1 aliphatic carbocycles. The van der Waals surface area contributed by atoms with Crippen LogP contribution in [0.4, 0.5) is 4.39 Å². The second-order valence-electron chi connectivity index (χ2n) is 3.37. The quantitative estimate of drug-likeness (QED) is 0.577. The lowest BCUT2D eigenvalue weighted by Crippen LogP contribution is -1.81. The van der Waals surface area contributed by atoms with Gasteiger partial charge in [0.05, 0.1) is 0 Å². The lowest BCUT2D eigenvalue weighted by Gasteiger charge is -1.96. The monoisotopic (exact) mass is 150 g/mol. The Bertz CT molecular complexity index is 267. The first-order valence-electron chi connectivity index (χ1n) is 4.03. The fourth-order valence-corrected chi connectivity index (χ4v) is 1.52. The van der Waals surface area contributed by atoms with Gasteiger partial charge in [-0.25, -0.2) is 4.39 Å². The van der Waals surface area contributed by atoms with E-state index in [2.05, 4.69) is 6.92 Å². The van der Waals surface area contributed by atoms with Gasteiger partial charge in [-0.15, -0.1) is 0 Å².